The van der Waals surface area contributed by atoms with Crippen LogP contribution < -0.4 is 5.73 Å². The van der Waals surface area contributed by atoms with Gasteiger partial charge in [0.2, 0.25) is 5.91 Å². The quantitative estimate of drug-likeness (QED) is 0.903. The molecule has 0 heterocycles. The van der Waals surface area contributed by atoms with E-state index in [1.807, 2.05) is 18.0 Å². The van der Waals surface area contributed by atoms with Crippen molar-refractivity contribution in [3.05, 3.63) is 35.4 Å². The van der Waals surface area contributed by atoms with Gasteiger partial charge in [-0.25, -0.2) is 0 Å². The van der Waals surface area contributed by atoms with Crippen molar-refractivity contribution in [2.75, 3.05) is 13.6 Å². The number of aryl methyl sites for hydroxylation is 1. The zero-order valence-electron chi connectivity index (χ0n) is 11.9. The Balaban J connectivity index is 2.16. The highest BCUT2D eigenvalue weighted by Crippen LogP contribution is 2.33. The van der Waals surface area contributed by atoms with Crippen LogP contribution in [0.1, 0.15) is 43.2 Å². The summed E-state index contributed by atoms with van der Waals surface area (Å²) in [5.41, 5.74) is 8.15. The first kappa shape index (κ1) is 14.1. The van der Waals surface area contributed by atoms with Gasteiger partial charge in [0.25, 0.3) is 0 Å². The number of nitrogens with two attached hydrogens (primary N) is 1. The smallest absolute Gasteiger partial charge is 0.230 e. The van der Waals surface area contributed by atoms with Gasteiger partial charge in [0.05, 0.1) is 5.92 Å². The van der Waals surface area contributed by atoms with Gasteiger partial charge in [0.1, 0.15) is 0 Å². The molecule has 3 nitrogen and oxygen atoms in total. The predicted octanol–water partition coefficient (Wildman–Crippen LogP) is 2.30. The summed E-state index contributed by atoms with van der Waals surface area (Å²) < 4.78 is 0. The van der Waals surface area contributed by atoms with Crippen LogP contribution in [0.4, 0.5) is 0 Å². The van der Waals surface area contributed by atoms with E-state index in [4.69, 9.17) is 5.73 Å². The standard InChI is InChI=1S/C16H24N2O/c1-12(10-11-17)18(2)16(19)15-9-5-7-13-6-3-4-8-14(13)15/h3-4,6,8,12,15H,5,7,9-11,17H2,1-2H3. The molecule has 0 saturated carbocycles. The lowest BCUT2D eigenvalue weighted by Crippen LogP contribution is -2.40. The van der Waals surface area contributed by atoms with Gasteiger partial charge in [-0.05, 0) is 50.3 Å². The summed E-state index contributed by atoms with van der Waals surface area (Å²) in [6, 6.07) is 8.57. The van der Waals surface area contributed by atoms with Gasteiger partial charge >= 0.3 is 0 Å². The number of carbonyl (C=O) groups is 1. The fourth-order valence-corrected chi connectivity index (χ4v) is 2.91. The number of hydrogen-bond donors (Lipinski definition) is 1. The van der Waals surface area contributed by atoms with Crippen LogP contribution in [0.3, 0.4) is 0 Å². The summed E-state index contributed by atoms with van der Waals surface area (Å²) >= 11 is 0. The monoisotopic (exact) mass is 260 g/mol. The summed E-state index contributed by atoms with van der Waals surface area (Å²) in [6.07, 6.45) is 4.03. The second-order valence-electron chi connectivity index (χ2n) is 5.52. The first-order valence-electron chi connectivity index (χ1n) is 7.19. The molecule has 2 atom stereocenters. The second-order valence-corrected chi connectivity index (χ2v) is 5.52. The van der Waals surface area contributed by atoms with Gasteiger partial charge in [0.15, 0.2) is 0 Å². The van der Waals surface area contributed by atoms with Crippen molar-refractivity contribution in [2.45, 2.75) is 44.6 Å². The summed E-state index contributed by atoms with van der Waals surface area (Å²) in [5, 5.41) is 0. The van der Waals surface area contributed by atoms with Crippen molar-refractivity contribution in [1.29, 1.82) is 0 Å². The maximum absolute atomic E-state index is 12.7. The van der Waals surface area contributed by atoms with Crippen molar-refractivity contribution in [1.82, 2.24) is 4.90 Å². The largest absolute Gasteiger partial charge is 0.342 e. The molecule has 0 saturated heterocycles. The van der Waals surface area contributed by atoms with E-state index in [1.165, 1.54) is 11.1 Å². The van der Waals surface area contributed by atoms with Crippen LogP contribution in [0.25, 0.3) is 0 Å². The molecule has 0 radical (unpaired) electrons. The predicted molar refractivity (Wildman–Crippen MR) is 78.0 cm³/mol. The summed E-state index contributed by atoms with van der Waals surface area (Å²) in [4.78, 5) is 14.5. The highest BCUT2D eigenvalue weighted by molar-refractivity contribution is 5.84. The Kier molecular flexibility index (Phi) is 4.59. The van der Waals surface area contributed by atoms with Crippen molar-refractivity contribution < 1.29 is 4.79 Å². The van der Waals surface area contributed by atoms with Crippen LogP contribution in [-0.4, -0.2) is 30.4 Å². The number of fused-ring (bicyclic) bond motifs is 1. The molecule has 2 rings (SSSR count). The number of carbonyl (C=O) groups excluding carboxylic acids is 1. The third kappa shape index (κ3) is 2.98. The van der Waals surface area contributed by atoms with E-state index in [0.717, 1.165) is 25.7 Å². The number of likely N-dealkylation sites (N-methyl/N-ethyl adjacent to an activating group) is 1. The molecular formula is C16H24N2O. The molecule has 0 aromatic heterocycles. The summed E-state index contributed by atoms with van der Waals surface area (Å²) in [5.74, 6) is 0.281. The number of hydrogen-bond acceptors (Lipinski definition) is 2. The lowest BCUT2D eigenvalue weighted by molar-refractivity contribution is -0.133. The van der Waals surface area contributed by atoms with Crippen LogP contribution >= 0.6 is 0 Å². The van der Waals surface area contributed by atoms with E-state index in [0.29, 0.717) is 6.54 Å². The van der Waals surface area contributed by atoms with Crippen LogP contribution in [0, 0.1) is 0 Å². The van der Waals surface area contributed by atoms with Crippen LogP contribution in [-0.2, 0) is 11.2 Å². The van der Waals surface area contributed by atoms with E-state index in [2.05, 4.69) is 25.1 Å². The molecule has 104 valence electrons. The van der Waals surface area contributed by atoms with Crippen LogP contribution in [0.2, 0.25) is 0 Å². The SMILES string of the molecule is CC(CCN)N(C)C(=O)C1CCCc2ccccc21. The molecule has 0 bridgehead atoms. The molecule has 1 aliphatic carbocycles. The van der Waals surface area contributed by atoms with Crippen LogP contribution in [0.5, 0.6) is 0 Å². The zero-order valence-corrected chi connectivity index (χ0v) is 11.9. The molecule has 0 aliphatic heterocycles. The molecule has 0 fully saturated rings. The van der Waals surface area contributed by atoms with Gasteiger partial charge < -0.3 is 10.6 Å². The maximum Gasteiger partial charge on any atom is 0.230 e. The minimum Gasteiger partial charge on any atom is -0.342 e. The van der Waals surface area contributed by atoms with Gasteiger partial charge in [-0.15, -0.1) is 0 Å². The first-order chi connectivity index (χ1) is 9.15. The Bertz CT molecular complexity index is 444. The number of benzene rings is 1. The zero-order chi connectivity index (χ0) is 13.8. The van der Waals surface area contributed by atoms with Gasteiger partial charge in [-0.1, -0.05) is 24.3 Å². The molecule has 3 heteroatoms. The summed E-state index contributed by atoms with van der Waals surface area (Å²) in [6.45, 7) is 2.69. The van der Waals surface area contributed by atoms with E-state index >= 15 is 0 Å². The van der Waals surface area contributed by atoms with Crippen LogP contribution in [0.15, 0.2) is 24.3 Å². The third-order valence-corrected chi connectivity index (χ3v) is 4.26. The Morgan fingerprint density at radius 3 is 2.95 bits per heavy atom. The van der Waals surface area contributed by atoms with Crippen molar-refractivity contribution in [3.63, 3.8) is 0 Å². The third-order valence-electron chi connectivity index (χ3n) is 4.26. The summed E-state index contributed by atoms with van der Waals surface area (Å²) in [7, 11) is 1.90. The van der Waals surface area contributed by atoms with Gasteiger partial charge in [-0.3, -0.25) is 4.79 Å². The lowest BCUT2D eigenvalue weighted by atomic mass is 9.82. The fraction of sp³-hybridized carbons (Fsp3) is 0.562. The Labute approximate surface area is 115 Å². The van der Waals surface area contributed by atoms with Crippen molar-refractivity contribution in [2.24, 2.45) is 5.73 Å². The molecular weight excluding hydrogens is 236 g/mol. The highest BCUT2D eigenvalue weighted by Gasteiger charge is 2.29. The van der Waals surface area contributed by atoms with E-state index in [1.54, 1.807) is 0 Å². The number of amides is 1. The topological polar surface area (TPSA) is 46.3 Å². The minimum absolute atomic E-state index is 0.0372. The molecule has 2 N–H and O–H groups in total. The Morgan fingerprint density at radius 1 is 1.47 bits per heavy atom. The fourth-order valence-electron chi connectivity index (χ4n) is 2.91. The average Bonchev–Trinajstić information content (AvgIpc) is 2.45. The Morgan fingerprint density at radius 2 is 2.21 bits per heavy atom. The van der Waals surface area contributed by atoms with Crippen molar-refractivity contribution in [3.8, 4) is 0 Å². The molecule has 1 aromatic carbocycles. The first-order valence-corrected chi connectivity index (χ1v) is 7.19. The molecule has 1 aromatic rings. The van der Waals surface area contributed by atoms with E-state index in [-0.39, 0.29) is 17.9 Å². The minimum atomic E-state index is 0.0372. The molecule has 2 unspecified atom stereocenters. The molecule has 19 heavy (non-hydrogen) atoms. The second kappa shape index (κ2) is 6.20. The number of nitrogens with zero attached hydrogens (tertiary/aromatic N) is 1. The van der Waals surface area contributed by atoms with E-state index < -0.39 is 0 Å². The normalized spacial score (nSPS) is 19.6. The maximum atomic E-state index is 12.7. The molecule has 1 amide bonds. The van der Waals surface area contributed by atoms with Gasteiger partial charge in [-0.2, -0.15) is 0 Å². The average molecular weight is 260 g/mol. The lowest BCUT2D eigenvalue weighted by Gasteiger charge is -2.32. The Hall–Kier alpha value is -1.35. The highest BCUT2D eigenvalue weighted by atomic mass is 16.2. The number of rotatable bonds is 4. The molecule has 0 spiro atoms. The van der Waals surface area contributed by atoms with Crippen molar-refractivity contribution >= 4 is 5.91 Å². The van der Waals surface area contributed by atoms with E-state index in [9.17, 15) is 4.79 Å². The molecule has 1 aliphatic rings. The van der Waals surface area contributed by atoms with Gasteiger partial charge in [0, 0.05) is 13.1 Å².